The number of hydrogen-bond acceptors (Lipinski definition) is 5. The molecule has 1 saturated heterocycles. The van der Waals surface area contributed by atoms with Crippen LogP contribution < -0.4 is 4.90 Å². The Hall–Kier alpha value is -2.19. The third kappa shape index (κ3) is 3.49. The van der Waals surface area contributed by atoms with Crippen LogP contribution in [0.15, 0.2) is 24.5 Å². The maximum absolute atomic E-state index is 10.2. The van der Waals surface area contributed by atoms with Gasteiger partial charge in [0, 0.05) is 25.5 Å². The SMILES string of the molecule is C[C@H]1C[C@@H](CC(C)(C)O)CN(c2ccc(C#N)c3nccnc23)C1. The van der Waals surface area contributed by atoms with Gasteiger partial charge in [0.15, 0.2) is 0 Å². The topological polar surface area (TPSA) is 73.0 Å². The van der Waals surface area contributed by atoms with Crippen LogP contribution in [-0.2, 0) is 0 Å². The zero-order valence-electron chi connectivity index (χ0n) is 14.5. The molecule has 1 aliphatic rings. The number of aromatic nitrogens is 2. The first-order valence-corrected chi connectivity index (χ1v) is 8.48. The van der Waals surface area contributed by atoms with Gasteiger partial charge in [-0.2, -0.15) is 5.26 Å². The number of fused-ring (bicyclic) bond motifs is 1. The molecule has 5 heteroatoms. The number of nitriles is 1. The highest BCUT2D eigenvalue weighted by atomic mass is 16.3. The van der Waals surface area contributed by atoms with Crippen LogP contribution in [0.3, 0.4) is 0 Å². The van der Waals surface area contributed by atoms with E-state index in [-0.39, 0.29) is 0 Å². The smallest absolute Gasteiger partial charge is 0.113 e. The lowest BCUT2D eigenvalue weighted by atomic mass is 9.83. The molecule has 0 bridgehead atoms. The molecule has 2 aromatic rings. The van der Waals surface area contributed by atoms with Crippen molar-refractivity contribution in [2.24, 2.45) is 11.8 Å². The second-order valence-electron chi connectivity index (χ2n) is 7.63. The van der Waals surface area contributed by atoms with Crippen molar-refractivity contribution in [3.8, 4) is 6.07 Å². The summed E-state index contributed by atoms with van der Waals surface area (Å²) in [4.78, 5) is 11.2. The second-order valence-corrected chi connectivity index (χ2v) is 7.63. The largest absolute Gasteiger partial charge is 0.390 e. The van der Waals surface area contributed by atoms with Gasteiger partial charge >= 0.3 is 0 Å². The summed E-state index contributed by atoms with van der Waals surface area (Å²) in [5.74, 6) is 0.990. The van der Waals surface area contributed by atoms with Crippen molar-refractivity contribution in [1.29, 1.82) is 5.26 Å². The van der Waals surface area contributed by atoms with Crippen molar-refractivity contribution in [3.05, 3.63) is 30.1 Å². The average molecular weight is 324 g/mol. The summed E-state index contributed by atoms with van der Waals surface area (Å²) in [5, 5.41) is 19.5. The van der Waals surface area contributed by atoms with Gasteiger partial charge in [0.05, 0.1) is 16.9 Å². The van der Waals surface area contributed by atoms with Gasteiger partial charge in [0.25, 0.3) is 0 Å². The molecular weight excluding hydrogens is 300 g/mol. The van der Waals surface area contributed by atoms with Gasteiger partial charge in [-0.1, -0.05) is 6.92 Å². The summed E-state index contributed by atoms with van der Waals surface area (Å²) in [6, 6.07) is 6.01. The van der Waals surface area contributed by atoms with Crippen LogP contribution in [-0.4, -0.2) is 33.8 Å². The molecule has 3 rings (SSSR count). The third-order valence-corrected chi connectivity index (χ3v) is 4.60. The van der Waals surface area contributed by atoms with E-state index in [2.05, 4.69) is 27.9 Å². The number of benzene rings is 1. The standard InChI is InChI=1S/C19H24N4O/c1-13-8-14(9-19(2,3)24)12-23(11-13)16-5-4-15(10-20)17-18(16)22-7-6-21-17/h4-7,13-14,24H,8-9,11-12H2,1-3H3/t13-,14-/m0/s1. The first-order chi connectivity index (χ1) is 11.4. The number of rotatable bonds is 3. The van der Waals surface area contributed by atoms with Crippen LogP contribution in [0.5, 0.6) is 0 Å². The minimum absolute atomic E-state index is 0.441. The highest BCUT2D eigenvalue weighted by molar-refractivity contribution is 5.91. The van der Waals surface area contributed by atoms with Crippen LogP contribution in [0.4, 0.5) is 5.69 Å². The lowest BCUT2D eigenvalue weighted by Crippen LogP contribution is -2.42. The van der Waals surface area contributed by atoms with E-state index in [0.29, 0.717) is 22.9 Å². The molecule has 0 radical (unpaired) electrons. The molecule has 1 aromatic heterocycles. The average Bonchev–Trinajstić information content (AvgIpc) is 2.51. The van der Waals surface area contributed by atoms with E-state index in [1.807, 2.05) is 26.0 Å². The molecule has 126 valence electrons. The molecule has 1 N–H and O–H groups in total. The highest BCUT2D eigenvalue weighted by Crippen LogP contribution is 2.34. The van der Waals surface area contributed by atoms with Crippen molar-refractivity contribution in [2.75, 3.05) is 18.0 Å². The fraction of sp³-hybridized carbons (Fsp3) is 0.526. The van der Waals surface area contributed by atoms with Crippen LogP contribution in [0.1, 0.15) is 39.2 Å². The zero-order chi connectivity index (χ0) is 17.3. The van der Waals surface area contributed by atoms with Gasteiger partial charge < -0.3 is 10.0 Å². The Kier molecular flexibility index (Phi) is 4.42. The lowest BCUT2D eigenvalue weighted by molar-refractivity contribution is 0.0469. The summed E-state index contributed by atoms with van der Waals surface area (Å²) in [6.07, 6.45) is 5.21. The van der Waals surface area contributed by atoms with Crippen LogP contribution in [0.25, 0.3) is 11.0 Å². The van der Waals surface area contributed by atoms with E-state index in [1.165, 1.54) is 0 Å². The summed E-state index contributed by atoms with van der Waals surface area (Å²) >= 11 is 0. The van der Waals surface area contributed by atoms with Crippen molar-refractivity contribution < 1.29 is 5.11 Å². The Morgan fingerprint density at radius 1 is 1.25 bits per heavy atom. The molecule has 1 fully saturated rings. The first kappa shape index (κ1) is 16.7. The van der Waals surface area contributed by atoms with E-state index in [0.717, 1.165) is 37.1 Å². The molecule has 2 heterocycles. The van der Waals surface area contributed by atoms with E-state index in [9.17, 15) is 10.4 Å². The fourth-order valence-corrected chi connectivity index (χ4v) is 3.92. The Bertz CT molecular complexity index is 775. The van der Waals surface area contributed by atoms with E-state index >= 15 is 0 Å². The number of hydrogen-bond donors (Lipinski definition) is 1. The maximum atomic E-state index is 10.2. The fourth-order valence-electron chi connectivity index (χ4n) is 3.92. The zero-order valence-corrected chi connectivity index (χ0v) is 14.5. The molecule has 0 amide bonds. The van der Waals surface area contributed by atoms with Gasteiger partial charge in [0.2, 0.25) is 0 Å². The predicted octanol–water partition coefficient (Wildman–Crippen LogP) is 3.12. The van der Waals surface area contributed by atoms with Gasteiger partial charge in [-0.25, -0.2) is 0 Å². The Morgan fingerprint density at radius 3 is 2.62 bits per heavy atom. The summed E-state index contributed by atoms with van der Waals surface area (Å²) in [7, 11) is 0. The van der Waals surface area contributed by atoms with Gasteiger partial charge in [-0.3, -0.25) is 9.97 Å². The number of aliphatic hydroxyl groups is 1. The van der Waals surface area contributed by atoms with Crippen molar-refractivity contribution in [1.82, 2.24) is 9.97 Å². The molecule has 2 atom stereocenters. The Balaban J connectivity index is 1.96. The third-order valence-electron chi connectivity index (χ3n) is 4.60. The predicted molar refractivity (Wildman–Crippen MR) is 94.7 cm³/mol. The normalized spacial score (nSPS) is 21.7. The Labute approximate surface area is 143 Å². The molecule has 0 saturated carbocycles. The molecular formula is C19H24N4O. The number of anilines is 1. The van der Waals surface area contributed by atoms with Crippen molar-refractivity contribution in [2.45, 2.75) is 39.2 Å². The maximum Gasteiger partial charge on any atom is 0.113 e. The molecule has 1 aliphatic heterocycles. The van der Waals surface area contributed by atoms with Crippen LogP contribution >= 0.6 is 0 Å². The minimum Gasteiger partial charge on any atom is -0.390 e. The lowest BCUT2D eigenvalue weighted by Gasteiger charge is -2.40. The summed E-state index contributed by atoms with van der Waals surface area (Å²) < 4.78 is 0. The van der Waals surface area contributed by atoms with Crippen molar-refractivity contribution >= 4 is 16.7 Å². The second kappa shape index (κ2) is 6.37. The first-order valence-electron chi connectivity index (χ1n) is 8.48. The summed E-state index contributed by atoms with van der Waals surface area (Å²) in [5.41, 5.74) is 2.38. The molecule has 0 spiro atoms. The van der Waals surface area contributed by atoms with Gasteiger partial charge in [-0.05, 0) is 50.7 Å². The minimum atomic E-state index is -0.653. The summed E-state index contributed by atoms with van der Waals surface area (Å²) in [6.45, 7) is 7.85. The molecule has 24 heavy (non-hydrogen) atoms. The molecule has 0 unspecified atom stereocenters. The van der Waals surface area contributed by atoms with E-state index in [4.69, 9.17) is 0 Å². The quantitative estimate of drug-likeness (QED) is 0.939. The van der Waals surface area contributed by atoms with E-state index < -0.39 is 5.60 Å². The number of piperidine rings is 1. The van der Waals surface area contributed by atoms with Gasteiger partial charge in [-0.15, -0.1) is 0 Å². The highest BCUT2D eigenvalue weighted by Gasteiger charge is 2.30. The Morgan fingerprint density at radius 2 is 1.96 bits per heavy atom. The molecule has 0 aliphatic carbocycles. The van der Waals surface area contributed by atoms with Crippen LogP contribution in [0.2, 0.25) is 0 Å². The molecule has 5 nitrogen and oxygen atoms in total. The van der Waals surface area contributed by atoms with Crippen LogP contribution in [0, 0.1) is 23.2 Å². The van der Waals surface area contributed by atoms with Crippen molar-refractivity contribution in [3.63, 3.8) is 0 Å². The molecule has 1 aromatic carbocycles. The monoisotopic (exact) mass is 324 g/mol. The van der Waals surface area contributed by atoms with Gasteiger partial charge in [0.1, 0.15) is 17.1 Å². The van der Waals surface area contributed by atoms with E-state index in [1.54, 1.807) is 12.4 Å². The number of nitrogens with zero attached hydrogens (tertiary/aromatic N) is 4.